The molecule has 6 nitrogen and oxygen atoms in total. The highest BCUT2D eigenvalue weighted by atomic mass is 16.5. The van der Waals surface area contributed by atoms with E-state index in [2.05, 4.69) is 0 Å². The summed E-state index contributed by atoms with van der Waals surface area (Å²) >= 11 is 0. The maximum absolute atomic E-state index is 12.2. The van der Waals surface area contributed by atoms with Gasteiger partial charge in [-0.25, -0.2) is 4.79 Å². The van der Waals surface area contributed by atoms with Crippen LogP contribution < -0.4 is 4.43 Å². The third-order valence-electron chi connectivity index (χ3n) is 3.00. The van der Waals surface area contributed by atoms with Crippen LogP contribution in [-0.4, -0.2) is 21.0 Å². The van der Waals surface area contributed by atoms with E-state index in [1.165, 1.54) is 18.2 Å². The topological polar surface area (TPSA) is 85.4 Å². The molecule has 94 valence electrons. The van der Waals surface area contributed by atoms with Crippen LogP contribution >= 0.6 is 0 Å². The molecule has 2 N–H and O–H groups in total. The summed E-state index contributed by atoms with van der Waals surface area (Å²) in [5.41, 5.74) is 0.971. The fourth-order valence-corrected chi connectivity index (χ4v) is 2.07. The van der Waals surface area contributed by atoms with Gasteiger partial charge < -0.3 is 10.3 Å². The molecule has 0 aliphatic carbocycles. The highest BCUT2D eigenvalue weighted by molar-refractivity contribution is 5.92. The van der Waals surface area contributed by atoms with Crippen LogP contribution in [0.1, 0.15) is 10.4 Å². The first kappa shape index (κ1) is 11.2. The molecule has 0 aliphatic heterocycles. The van der Waals surface area contributed by atoms with Crippen molar-refractivity contribution in [2.24, 2.45) is 0 Å². The molecule has 1 heterocycles. The Morgan fingerprint density at radius 3 is 2.47 bits per heavy atom. The average molecular weight is 257 g/mol. The number of fused-ring (bicyclic) bond motifs is 2. The molecule has 0 spiro atoms. The van der Waals surface area contributed by atoms with Crippen molar-refractivity contribution in [3.05, 3.63) is 52.9 Å². The average Bonchev–Trinajstić information content (AvgIpc) is 2.44. The number of carboxylic acid groups (broad SMARTS) is 1. The summed E-state index contributed by atoms with van der Waals surface area (Å²) in [7, 11) is 0. The third kappa shape index (κ3) is 1.54. The van der Waals surface area contributed by atoms with Crippen LogP contribution in [0.2, 0.25) is 0 Å². The molecular formula is C13H9N2O4+. The number of para-hydroxylation sites is 2. The van der Waals surface area contributed by atoms with Crippen molar-refractivity contribution in [3.63, 3.8) is 0 Å². The molecule has 1 aromatic heterocycles. The molecule has 0 saturated carbocycles. The number of rotatable bonds is 1. The van der Waals surface area contributed by atoms with Gasteiger partial charge in [0.15, 0.2) is 11.0 Å². The summed E-state index contributed by atoms with van der Waals surface area (Å²) in [5.74, 6) is -1.12. The van der Waals surface area contributed by atoms with Gasteiger partial charge in [0, 0.05) is 17.0 Å². The van der Waals surface area contributed by atoms with Crippen molar-refractivity contribution in [2.75, 3.05) is 0 Å². The van der Waals surface area contributed by atoms with Crippen molar-refractivity contribution in [2.45, 2.75) is 0 Å². The lowest BCUT2D eigenvalue weighted by Gasteiger charge is -2.03. The van der Waals surface area contributed by atoms with Crippen LogP contribution in [0.25, 0.3) is 22.1 Å². The number of carboxylic acids is 1. The van der Waals surface area contributed by atoms with Crippen molar-refractivity contribution >= 4 is 28.0 Å². The summed E-state index contributed by atoms with van der Waals surface area (Å²) in [6.45, 7) is 0. The molecular weight excluding hydrogens is 248 g/mol. The van der Waals surface area contributed by atoms with Crippen LogP contribution in [0.15, 0.2) is 42.5 Å². The van der Waals surface area contributed by atoms with E-state index in [0.717, 1.165) is 4.73 Å². The second-order valence-electron chi connectivity index (χ2n) is 4.10. The van der Waals surface area contributed by atoms with E-state index in [-0.39, 0.29) is 16.6 Å². The fourth-order valence-electron chi connectivity index (χ4n) is 2.07. The molecule has 3 aromatic rings. The molecule has 0 amide bonds. The first-order chi connectivity index (χ1) is 9.09. The van der Waals surface area contributed by atoms with E-state index in [1.54, 1.807) is 24.3 Å². The minimum atomic E-state index is -1.12. The highest BCUT2D eigenvalue weighted by Crippen LogP contribution is 2.17. The van der Waals surface area contributed by atoms with Crippen LogP contribution in [-0.2, 0) is 0 Å². The second kappa shape index (κ2) is 3.81. The Morgan fingerprint density at radius 2 is 1.74 bits per heavy atom. The first-order valence-corrected chi connectivity index (χ1v) is 5.52. The SMILES string of the molecule is O=C(O)c1ccc2c(c1)n(O)c1ccccc1[n+]2=O. The van der Waals surface area contributed by atoms with Crippen LogP contribution in [0.4, 0.5) is 0 Å². The van der Waals surface area contributed by atoms with Crippen LogP contribution in [0.5, 0.6) is 0 Å². The Kier molecular flexibility index (Phi) is 2.25. The van der Waals surface area contributed by atoms with Gasteiger partial charge >= 0.3 is 5.97 Å². The van der Waals surface area contributed by atoms with Crippen molar-refractivity contribution < 1.29 is 19.5 Å². The summed E-state index contributed by atoms with van der Waals surface area (Å²) < 4.78 is 1.49. The molecule has 6 heteroatoms. The van der Waals surface area contributed by atoms with Gasteiger partial charge in [0.2, 0.25) is 0 Å². The van der Waals surface area contributed by atoms with E-state index in [4.69, 9.17) is 5.11 Å². The van der Waals surface area contributed by atoms with E-state index >= 15 is 0 Å². The zero-order valence-corrected chi connectivity index (χ0v) is 9.65. The summed E-state index contributed by atoms with van der Waals surface area (Å²) in [5, 5.41) is 19.1. The summed E-state index contributed by atoms with van der Waals surface area (Å²) in [6.07, 6.45) is 0. The van der Waals surface area contributed by atoms with Crippen LogP contribution in [0.3, 0.4) is 0 Å². The lowest BCUT2D eigenvalue weighted by Crippen LogP contribution is -2.20. The second-order valence-corrected chi connectivity index (χ2v) is 4.10. The zero-order chi connectivity index (χ0) is 13.6. The minimum Gasteiger partial charge on any atom is -0.478 e. The molecule has 19 heavy (non-hydrogen) atoms. The standard InChI is InChI=1S/C13H8N2O4/c16-13(17)8-5-6-11-12(7-8)15(19)10-4-2-1-3-9(10)14(11)18/h1-7,19H/p+1. The summed E-state index contributed by atoms with van der Waals surface area (Å²) in [4.78, 5) is 23.1. The van der Waals surface area contributed by atoms with Crippen LogP contribution in [0, 0.1) is 4.91 Å². The third-order valence-corrected chi connectivity index (χ3v) is 3.00. The molecule has 0 aliphatic rings. The van der Waals surface area contributed by atoms with Gasteiger partial charge in [-0.15, -0.1) is 0 Å². The number of hydrogen-bond donors (Lipinski definition) is 2. The lowest BCUT2D eigenvalue weighted by atomic mass is 10.2. The number of carbonyl (C=O) groups is 1. The van der Waals surface area contributed by atoms with Gasteiger partial charge in [-0.2, -0.15) is 4.73 Å². The van der Waals surface area contributed by atoms with E-state index in [0.29, 0.717) is 15.5 Å². The van der Waals surface area contributed by atoms with Gasteiger partial charge in [-0.05, 0) is 18.2 Å². The largest absolute Gasteiger partial charge is 0.478 e. The number of hydrogen-bond acceptors (Lipinski definition) is 3. The Morgan fingerprint density at radius 1 is 1.05 bits per heavy atom. The molecule has 0 atom stereocenters. The normalized spacial score (nSPS) is 10.9. The highest BCUT2D eigenvalue weighted by Gasteiger charge is 2.19. The van der Waals surface area contributed by atoms with Gasteiger partial charge in [-0.1, -0.05) is 12.1 Å². The lowest BCUT2D eigenvalue weighted by molar-refractivity contribution is -0.433. The molecule has 0 saturated heterocycles. The van der Waals surface area contributed by atoms with Crippen molar-refractivity contribution in [3.8, 4) is 0 Å². The smallest absolute Gasteiger partial charge is 0.335 e. The monoisotopic (exact) mass is 257 g/mol. The Labute approximate surface area is 106 Å². The Balaban J connectivity index is 2.56. The molecule has 0 unspecified atom stereocenters. The molecule has 2 aromatic carbocycles. The molecule has 3 rings (SSSR count). The van der Waals surface area contributed by atoms with Gasteiger partial charge in [0.25, 0.3) is 11.0 Å². The minimum absolute atomic E-state index is 0.00517. The molecule has 0 bridgehead atoms. The van der Waals surface area contributed by atoms with Crippen molar-refractivity contribution in [1.29, 1.82) is 0 Å². The van der Waals surface area contributed by atoms with Gasteiger partial charge in [0.1, 0.15) is 0 Å². The van der Waals surface area contributed by atoms with E-state index in [9.17, 15) is 14.9 Å². The number of aromatic carboxylic acids is 1. The fraction of sp³-hybridized carbons (Fsp3) is 0. The van der Waals surface area contributed by atoms with E-state index < -0.39 is 5.97 Å². The molecule has 0 fully saturated rings. The maximum atomic E-state index is 12.2. The Bertz CT molecular complexity index is 883. The first-order valence-electron chi connectivity index (χ1n) is 5.52. The number of benzene rings is 2. The predicted molar refractivity (Wildman–Crippen MR) is 67.0 cm³/mol. The zero-order valence-electron chi connectivity index (χ0n) is 9.65. The van der Waals surface area contributed by atoms with E-state index in [1.807, 2.05) is 0 Å². The quantitative estimate of drug-likeness (QED) is 0.394. The van der Waals surface area contributed by atoms with Crippen molar-refractivity contribution in [1.82, 2.24) is 4.73 Å². The maximum Gasteiger partial charge on any atom is 0.335 e. The van der Waals surface area contributed by atoms with Gasteiger partial charge in [0.05, 0.1) is 9.99 Å². The Hall–Kier alpha value is -2.89. The number of aromatic nitrogens is 2. The predicted octanol–water partition coefficient (Wildman–Crippen LogP) is 1.64. The molecule has 0 radical (unpaired) electrons. The number of nitrogens with zero attached hydrogens (tertiary/aromatic N) is 2. The van der Waals surface area contributed by atoms with Gasteiger partial charge in [-0.3, -0.25) is 0 Å². The summed E-state index contributed by atoms with van der Waals surface area (Å²) in [6, 6.07) is 10.5.